The van der Waals surface area contributed by atoms with Crippen molar-refractivity contribution in [1.29, 1.82) is 0 Å². The number of carbonyl (C=O) groups excluding carboxylic acids is 1. The first-order chi connectivity index (χ1) is 7.65. The van der Waals surface area contributed by atoms with E-state index in [1.807, 2.05) is 12.1 Å². The van der Waals surface area contributed by atoms with Crippen LogP contribution in [0.25, 0.3) is 0 Å². The Morgan fingerprint density at radius 3 is 2.69 bits per heavy atom. The van der Waals surface area contributed by atoms with Gasteiger partial charge in [0.05, 0.1) is 0 Å². The molecule has 0 aromatic heterocycles. The average Bonchev–Trinajstić information content (AvgIpc) is 2.57. The summed E-state index contributed by atoms with van der Waals surface area (Å²) < 4.78 is 0. The number of rotatable bonds is 3. The molecule has 2 rings (SSSR count). The van der Waals surface area contributed by atoms with Gasteiger partial charge in [-0.3, -0.25) is 4.79 Å². The molecule has 1 unspecified atom stereocenters. The molecule has 1 aliphatic heterocycles. The van der Waals surface area contributed by atoms with Gasteiger partial charge in [-0.25, -0.2) is 0 Å². The fraction of sp³-hybridized carbons (Fsp3) is 0.200. The van der Waals surface area contributed by atoms with Crippen LogP contribution in [0.15, 0.2) is 29.3 Å². The minimum Gasteiger partial charge on any atom is -0.383 e. The Bertz CT molecular complexity index is 432. The average molecular weight is 256 g/mol. The topological polar surface area (TPSA) is 67.5 Å². The standard InChI is InChI=1S/C10H10ClN3OS/c11-6-1-3-7(4-2-6)13-5-8-9(15)14-10(12)16-8/h1-4,8,13H,5H2,(H2,12,14,15). The number of amidine groups is 1. The Morgan fingerprint density at radius 1 is 1.44 bits per heavy atom. The lowest BCUT2D eigenvalue weighted by Crippen LogP contribution is -2.21. The molecule has 0 radical (unpaired) electrons. The Balaban J connectivity index is 1.89. The molecule has 16 heavy (non-hydrogen) atoms. The summed E-state index contributed by atoms with van der Waals surface area (Å²) >= 11 is 7.05. The first-order valence-electron chi connectivity index (χ1n) is 4.69. The van der Waals surface area contributed by atoms with Crippen molar-refractivity contribution in [2.45, 2.75) is 5.25 Å². The predicted octanol–water partition coefficient (Wildman–Crippen LogP) is 1.71. The van der Waals surface area contributed by atoms with Crippen LogP contribution in [0.5, 0.6) is 0 Å². The summed E-state index contributed by atoms with van der Waals surface area (Å²) in [7, 11) is 0. The number of amides is 1. The summed E-state index contributed by atoms with van der Waals surface area (Å²) in [6, 6.07) is 7.30. The molecule has 0 fully saturated rings. The second-order valence-corrected chi connectivity index (χ2v) is 4.94. The number of nitrogens with two attached hydrogens (primary N) is 1. The molecule has 1 aromatic carbocycles. The molecule has 1 heterocycles. The van der Waals surface area contributed by atoms with Crippen molar-refractivity contribution in [3.05, 3.63) is 29.3 Å². The van der Waals surface area contributed by atoms with Gasteiger partial charge in [0, 0.05) is 17.3 Å². The molecule has 1 atom stereocenters. The summed E-state index contributed by atoms with van der Waals surface area (Å²) in [4.78, 5) is 15.0. The summed E-state index contributed by atoms with van der Waals surface area (Å²) in [6.45, 7) is 0.509. The number of nitrogens with zero attached hydrogens (tertiary/aromatic N) is 1. The quantitative estimate of drug-likeness (QED) is 0.863. The molecule has 4 nitrogen and oxygen atoms in total. The maximum absolute atomic E-state index is 11.3. The van der Waals surface area contributed by atoms with E-state index in [0.717, 1.165) is 5.69 Å². The number of hydrogen-bond acceptors (Lipinski definition) is 4. The second-order valence-electron chi connectivity index (χ2n) is 3.28. The van der Waals surface area contributed by atoms with Crippen molar-refractivity contribution < 1.29 is 4.79 Å². The number of carbonyl (C=O) groups is 1. The third-order valence-corrected chi connectivity index (χ3v) is 3.33. The van der Waals surface area contributed by atoms with Crippen molar-refractivity contribution in [3.63, 3.8) is 0 Å². The zero-order valence-electron chi connectivity index (χ0n) is 8.31. The minimum absolute atomic E-state index is 0.177. The highest BCUT2D eigenvalue weighted by Gasteiger charge is 2.26. The maximum atomic E-state index is 11.3. The first kappa shape index (κ1) is 11.3. The Hall–Kier alpha value is -1.20. The number of nitrogens with one attached hydrogen (secondary N) is 1. The van der Waals surface area contributed by atoms with Gasteiger partial charge in [-0.15, -0.1) is 0 Å². The smallest absolute Gasteiger partial charge is 0.263 e. The van der Waals surface area contributed by atoms with Crippen LogP contribution in [0.1, 0.15) is 0 Å². The molecule has 0 saturated heterocycles. The zero-order valence-corrected chi connectivity index (χ0v) is 9.89. The fourth-order valence-corrected chi connectivity index (χ4v) is 2.19. The summed E-state index contributed by atoms with van der Waals surface area (Å²) in [5.74, 6) is -0.177. The van der Waals surface area contributed by atoms with Crippen LogP contribution in [0.2, 0.25) is 5.02 Å². The van der Waals surface area contributed by atoms with Crippen LogP contribution in [0, 0.1) is 0 Å². The number of halogens is 1. The number of benzene rings is 1. The van der Waals surface area contributed by atoms with Gasteiger partial charge in [0.2, 0.25) is 0 Å². The van der Waals surface area contributed by atoms with E-state index in [2.05, 4.69) is 10.3 Å². The molecule has 1 aliphatic rings. The lowest BCUT2D eigenvalue weighted by atomic mass is 10.3. The normalized spacial score (nSPS) is 19.7. The highest BCUT2D eigenvalue weighted by molar-refractivity contribution is 8.15. The lowest BCUT2D eigenvalue weighted by Gasteiger charge is -2.09. The van der Waals surface area contributed by atoms with Crippen molar-refractivity contribution in [1.82, 2.24) is 0 Å². The van der Waals surface area contributed by atoms with Gasteiger partial charge in [0.15, 0.2) is 5.17 Å². The highest BCUT2D eigenvalue weighted by Crippen LogP contribution is 2.21. The van der Waals surface area contributed by atoms with Gasteiger partial charge in [-0.05, 0) is 24.3 Å². The maximum Gasteiger partial charge on any atom is 0.263 e. The van der Waals surface area contributed by atoms with Crippen LogP contribution in [-0.2, 0) is 4.79 Å². The molecule has 1 aromatic rings. The van der Waals surface area contributed by atoms with Crippen molar-refractivity contribution in [2.24, 2.45) is 10.7 Å². The fourth-order valence-electron chi connectivity index (χ4n) is 1.31. The summed E-state index contributed by atoms with van der Waals surface area (Å²) in [5, 5.41) is 3.93. The zero-order chi connectivity index (χ0) is 11.5. The second kappa shape index (κ2) is 4.76. The predicted molar refractivity (Wildman–Crippen MR) is 68.0 cm³/mol. The number of aliphatic imine (C=N–C) groups is 1. The van der Waals surface area contributed by atoms with Gasteiger partial charge in [-0.2, -0.15) is 4.99 Å². The lowest BCUT2D eigenvalue weighted by molar-refractivity contribution is -0.116. The van der Waals surface area contributed by atoms with E-state index in [4.69, 9.17) is 17.3 Å². The van der Waals surface area contributed by atoms with Crippen molar-refractivity contribution >= 4 is 40.1 Å². The summed E-state index contributed by atoms with van der Waals surface area (Å²) in [5.41, 5.74) is 6.37. The molecule has 0 saturated carbocycles. The van der Waals surface area contributed by atoms with Crippen LogP contribution in [0.3, 0.4) is 0 Å². The SMILES string of the molecule is NC1=NC(=O)C(CNc2ccc(Cl)cc2)S1. The van der Waals surface area contributed by atoms with E-state index >= 15 is 0 Å². The van der Waals surface area contributed by atoms with Gasteiger partial charge < -0.3 is 11.1 Å². The molecular weight excluding hydrogens is 246 g/mol. The molecule has 1 amide bonds. The Labute approximate surface area is 102 Å². The number of hydrogen-bond donors (Lipinski definition) is 2. The molecular formula is C10H10ClN3OS. The minimum atomic E-state index is -0.226. The molecule has 84 valence electrons. The molecule has 0 bridgehead atoms. The molecule has 0 aliphatic carbocycles. The van der Waals surface area contributed by atoms with Crippen molar-refractivity contribution in [2.75, 3.05) is 11.9 Å². The van der Waals surface area contributed by atoms with Crippen molar-refractivity contribution in [3.8, 4) is 0 Å². The third-order valence-electron chi connectivity index (χ3n) is 2.09. The van der Waals surface area contributed by atoms with E-state index in [0.29, 0.717) is 16.7 Å². The number of thioether (sulfide) groups is 1. The largest absolute Gasteiger partial charge is 0.383 e. The van der Waals surface area contributed by atoms with Gasteiger partial charge in [-0.1, -0.05) is 23.4 Å². The van der Waals surface area contributed by atoms with E-state index in [9.17, 15) is 4.79 Å². The highest BCUT2D eigenvalue weighted by atomic mass is 35.5. The monoisotopic (exact) mass is 255 g/mol. The third kappa shape index (κ3) is 2.68. The van der Waals surface area contributed by atoms with Gasteiger partial charge in [0.1, 0.15) is 5.25 Å². The first-order valence-corrected chi connectivity index (χ1v) is 5.95. The molecule has 0 spiro atoms. The van der Waals surface area contributed by atoms with Crippen LogP contribution < -0.4 is 11.1 Å². The van der Waals surface area contributed by atoms with E-state index < -0.39 is 0 Å². The van der Waals surface area contributed by atoms with E-state index in [1.165, 1.54) is 11.8 Å². The number of anilines is 1. The Kier molecular flexibility index (Phi) is 3.36. The van der Waals surface area contributed by atoms with Gasteiger partial charge >= 0.3 is 0 Å². The molecule has 6 heteroatoms. The van der Waals surface area contributed by atoms with Gasteiger partial charge in [0.25, 0.3) is 5.91 Å². The van der Waals surface area contributed by atoms with Crippen LogP contribution in [-0.4, -0.2) is 22.9 Å². The van der Waals surface area contributed by atoms with Crippen LogP contribution in [0.4, 0.5) is 5.69 Å². The van der Waals surface area contributed by atoms with E-state index in [1.54, 1.807) is 12.1 Å². The molecule has 3 N–H and O–H groups in total. The van der Waals surface area contributed by atoms with Crippen LogP contribution >= 0.6 is 23.4 Å². The Morgan fingerprint density at radius 2 is 2.12 bits per heavy atom. The van der Waals surface area contributed by atoms with E-state index in [-0.39, 0.29) is 11.2 Å². The summed E-state index contributed by atoms with van der Waals surface area (Å²) in [6.07, 6.45) is 0.